The number of halogens is 1. The van der Waals surface area contributed by atoms with Gasteiger partial charge in [-0.05, 0) is 48.1 Å². The van der Waals surface area contributed by atoms with Crippen molar-refractivity contribution in [2.24, 2.45) is 0 Å². The van der Waals surface area contributed by atoms with Crippen molar-refractivity contribution in [3.63, 3.8) is 0 Å². The van der Waals surface area contributed by atoms with Crippen LogP contribution in [0.1, 0.15) is 34.7 Å². The quantitative estimate of drug-likeness (QED) is 0.633. The highest BCUT2D eigenvalue weighted by atomic mass is 19.1. The van der Waals surface area contributed by atoms with Crippen LogP contribution in [0.3, 0.4) is 0 Å². The summed E-state index contributed by atoms with van der Waals surface area (Å²) in [5.74, 6) is -0.432. The molecular formula is C16H14FNO2. The zero-order chi connectivity index (χ0) is 14.1. The van der Waals surface area contributed by atoms with Crippen molar-refractivity contribution in [3.05, 3.63) is 53.6 Å². The maximum Gasteiger partial charge on any atom is 0.337 e. The second-order valence-corrected chi connectivity index (χ2v) is 4.94. The Kier molecular flexibility index (Phi) is 3.22. The molecular weight excluding hydrogens is 257 g/mol. The molecule has 0 atom stereocenters. The second-order valence-electron chi connectivity index (χ2n) is 4.94. The maximum absolute atomic E-state index is 13.3. The minimum atomic E-state index is -0.459. The van der Waals surface area contributed by atoms with Gasteiger partial charge in [0, 0.05) is 11.8 Å². The van der Waals surface area contributed by atoms with Crippen molar-refractivity contribution in [2.75, 3.05) is 7.11 Å². The number of hydrogen-bond donors (Lipinski definition) is 0. The molecule has 102 valence electrons. The normalized spacial score (nSPS) is 14.1. The Morgan fingerprint density at radius 1 is 1.35 bits per heavy atom. The van der Waals surface area contributed by atoms with E-state index < -0.39 is 5.95 Å². The molecule has 1 aliphatic rings. The van der Waals surface area contributed by atoms with Gasteiger partial charge in [-0.1, -0.05) is 12.1 Å². The summed E-state index contributed by atoms with van der Waals surface area (Å²) in [5, 5.41) is 0. The monoisotopic (exact) mass is 271 g/mol. The highest BCUT2D eigenvalue weighted by molar-refractivity contribution is 5.91. The molecule has 1 aromatic carbocycles. The summed E-state index contributed by atoms with van der Waals surface area (Å²) < 4.78 is 18.0. The third-order valence-corrected chi connectivity index (χ3v) is 3.51. The van der Waals surface area contributed by atoms with Crippen molar-refractivity contribution in [1.29, 1.82) is 0 Å². The van der Waals surface area contributed by atoms with Crippen LogP contribution in [0.5, 0.6) is 0 Å². The maximum atomic E-state index is 13.3. The first-order chi connectivity index (χ1) is 9.69. The summed E-state index contributed by atoms with van der Waals surface area (Å²) in [6.45, 7) is 0. The average molecular weight is 271 g/mol. The van der Waals surface area contributed by atoms with Crippen molar-refractivity contribution in [3.8, 4) is 11.1 Å². The molecule has 3 nitrogen and oxygen atoms in total. The standard InChI is InChI=1S/C16H14FNO2/c1-20-16(19)12-4-2-3-11(7-12)14-9-18-15(17)8-13(14)10-5-6-10/h2-4,7-10H,5-6H2,1H3. The summed E-state index contributed by atoms with van der Waals surface area (Å²) in [7, 11) is 1.35. The number of pyridine rings is 1. The van der Waals surface area contributed by atoms with Crippen molar-refractivity contribution >= 4 is 5.97 Å². The third kappa shape index (κ3) is 2.41. The van der Waals surface area contributed by atoms with E-state index in [1.807, 2.05) is 6.07 Å². The van der Waals surface area contributed by atoms with Crippen LogP contribution >= 0.6 is 0 Å². The molecule has 0 N–H and O–H groups in total. The zero-order valence-electron chi connectivity index (χ0n) is 11.1. The van der Waals surface area contributed by atoms with E-state index in [1.165, 1.54) is 13.2 Å². The van der Waals surface area contributed by atoms with Gasteiger partial charge in [-0.15, -0.1) is 0 Å². The van der Waals surface area contributed by atoms with Crippen LogP contribution in [-0.2, 0) is 4.74 Å². The van der Waals surface area contributed by atoms with Gasteiger partial charge in [0.05, 0.1) is 12.7 Å². The van der Waals surface area contributed by atoms with Crippen molar-refractivity contribution < 1.29 is 13.9 Å². The Morgan fingerprint density at radius 2 is 2.15 bits per heavy atom. The van der Waals surface area contributed by atoms with E-state index in [2.05, 4.69) is 4.98 Å². The number of carbonyl (C=O) groups is 1. The van der Waals surface area contributed by atoms with Gasteiger partial charge in [0.2, 0.25) is 5.95 Å². The van der Waals surface area contributed by atoms with Gasteiger partial charge in [-0.25, -0.2) is 9.78 Å². The van der Waals surface area contributed by atoms with Crippen LogP contribution in [0.4, 0.5) is 4.39 Å². The average Bonchev–Trinajstić information content (AvgIpc) is 3.31. The molecule has 0 bridgehead atoms. The highest BCUT2D eigenvalue weighted by Gasteiger charge is 2.27. The molecule has 4 heteroatoms. The molecule has 0 spiro atoms. The van der Waals surface area contributed by atoms with Gasteiger partial charge < -0.3 is 4.74 Å². The van der Waals surface area contributed by atoms with E-state index >= 15 is 0 Å². The molecule has 1 heterocycles. The van der Waals surface area contributed by atoms with Gasteiger partial charge in [0.15, 0.2) is 0 Å². The lowest BCUT2D eigenvalue weighted by Gasteiger charge is -2.09. The zero-order valence-corrected chi connectivity index (χ0v) is 11.1. The second kappa shape index (κ2) is 5.04. The number of carbonyl (C=O) groups excluding carboxylic acids is 1. The molecule has 1 saturated carbocycles. The smallest absolute Gasteiger partial charge is 0.337 e. The molecule has 2 aromatic rings. The molecule has 3 rings (SSSR count). The Labute approximate surface area is 116 Å². The van der Waals surface area contributed by atoms with E-state index in [1.54, 1.807) is 24.4 Å². The highest BCUT2D eigenvalue weighted by Crippen LogP contribution is 2.44. The van der Waals surface area contributed by atoms with E-state index in [9.17, 15) is 9.18 Å². The minimum absolute atomic E-state index is 0.380. The van der Waals surface area contributed by atoms with Crippen LogP contribution in [0.25, 0.3) is 11.1 Å². The van der Waals surface area contributed by atoms with Gasteiger partial charge in [-0.2, -0.15) is 4.39 Å². The van der Waals surface area contributed by atoms with Gasteiger partial charge >= 0.3 is 5.97 Å². The first-order valence-corrected chi connectivity index (χ1v) is 6.53. The predicted molar refractivity (Wildman–Crippen MR) is 72.9 cm³/mol. The number of ether oxygens (including phenoxy) is 1. The van der Waals surface area contributed by atoms with E-state index in [-0.39, 0.29) is 5.97 Å². The number of nitrogens with zero attached hydrogens (tertiary/aromatic N) is 1. The lowest BCUT2D eigenvalue weighted by Crippen LogP contribution is -2.01. The molecule has 1 fully saturated rings. The largest absolute Gasteiger partial charge is 0.465 e. The summed E-state index contributed by atoms with van der Waals surface area (Å²) in [4.78, 5) is 15.3. The van der Waals surface area contributed by atoms with Crippen LogP contribution < -0.4 is 0 Å². The molecule has 0 radical (unpaired) electrons. The fourth-order valence-corrected chi connectivity index (χ4v) is 2.35. The van der Waals surface area contributed by atoms with Gasteiger partial charge in [-0.3, -0.25) is 0 Å². The van der Waals surface area contributed by atoms with E-state index in [0.717, 1.165) is 29.5 Å². The van der Waals surface area contributed by atoms with Crippen molar-refractivity contribution in [1.82, 2.24) is 4.98 Å². The van der Waals surface area contributed by atoms with Crippen LogP contribution in [0.2, 0.25) is 0 Å². The van der Waals surface area contributed by atoms with Gasteiger partial charge in [0.25, 0.3) is 0 Å². The number of methoxy groups -OCH3 is 1. The molecule has 0 saturated heterocycles. The number of aromatic nitrogens is 1. The molecule has 1 aliphatic carbocycles. The topological polar surface area (TPSA) is 39.2 Å². The minimum Gasteiger partial charge on any atom is -0.465 e. The molecule has 1 aromatic heterocycles. The molecule has 20 heavy (non-hydrogen) atoms. The Hall–Kier alpha value is -2.23. The Bertz CT molecular complexity index is 665. The lowest BCUT2D eigenvalue weighted by molar-refractivity contribution is 0.0601. The van der Waals surface area contributed by atoms with E-state index in [4.69, 9.17) is 4.74 Å². The fourth-order valence-electron chi connectivity index (χ4n) is 2.35. The van der Waals surface area contributed by atoms with E-state index in [0.29, 0.717) is 11.5 Å². The summed E-state index contributed by atoms with van der Waals surface area (Å²) >= 11 is 0. The summed E-state index contributed by atoms with van der Waals surface area (Å²) in [6.07, 6.45) is 3.69. The summed E-state index contributed by atoms with van der Waals surface area (Å²) in [6, 6.07) is 8.64. The number of benzene rings is 1. The fraction of sp³-hybridized carbons (Fsp3) is 0.250. The first kappa shape index (κ1) is 12.8. The third-order valence-electron chi connectivity index (χ3n) is 3.51. The Morgan fingerprint density at radius 3 is 2.85 bits per heavy atom. The number of rotatable bonds is 3. The van der Waals surface area contributed by atoms with Gasteiger partial charge in [0.1, 0.15) is 0 Å². The Balaban J connectivity index is 2.07. The molecule has 0 amide bonds. The number of hydrogen-bond acceptors (Lipinski definition) is 3. The SMILES string of the molecule is COC(=O)c1cccc(-c2cnc(F)cc2C2CC2)c1. The summed E-state index contributed by atoms with van der Waals surface area (Å²) in [5.41, 5.74) is 3.21. The molecule has 0 aliphatic heterocycles. The van der Waals surface area contributed by atoms with Crippen LogP contribution in [-0.4, -0.2) is 18.1 Å². The number of esters is 1. The predicted octanol–water partition coefficient (Wildman–Crippen LogP) is 3.55. The van der Waals surface area contributed by atoms with Crippen LogP contribution in [0.15, 0.2) is 36.5 Å². The van der Waals surface area contributed by atoms with Crippen LogP contribution in [0, 0.1) is 5.95 Å². The first-order valence-electron chi connectivity index (χ1n) is 6.53. The molecule has 0 unspecified atom stereocenters. The lowest BCUT2D eigenvalue weighted by atomic mass is 9.97. The van der Waals surface area contributed by atoms with Crippen molar-refractivity contribution in [2.45, 2.75) is 18.8 Å².